The van der Waals surface area contributed by atoms with Gasteiger partial charge in [0.15, 0.2) is 0 Å². The van der Waals surface area contributed by atoms with Crippen molar-refractivity contribution in [3.05, 3.63) is 61.4 Å². The highest BCUT2D eigenvalue weighted by Crippen LogP contribution is 2.50. The number of benzene rings is 1. The number of H-pyrrole nitrogens is 1. The summed E-state index contributed by atoms with van der Waals surface area (Å²) >= 11 is 9.45. The van der Waals surface area contributed by atoms with Gasteiger partial charge in [0.1, 0.15) is 0 Å². The molecule has 2 N–H and O–H groups in total. The second-order valence-electron chi connectivity index (χ2n) is 6.57. The predicted octanol–water partition coefficient (Wildman–Crippen LogP) is 4.10. The Morgan fingerprint density at radius 3 is 2.92 bits per heavy atom. The number of carbonyl (C=O) groups excluding carboxylic acids is 1. The van der Waals surface area contributed by atoms with Crippen LogP contribution >= 0.6 is 27.5 Å². The molecule has 1 aromatic heterocycles. The van der Waals surface area contributed by atoms with E-state index in [2.05, 4.69) is 26.2 Å². The van der Waals surface area contributed by atoms with Crippen LogP contribution in [0.5, 0.6) is 0 Å². The number of anilines is 1. The number of hydrogen-bond acceptors (Lipinski definition) is 2. The minimum Gasteiger partial charge on any atom is -0.329 e. The van der Waals surface area contributed by atoms with E-state index in [1.165, 1.54) is 0 Å². The molecule has 4 nitrogen and oxygen atoms in total. The predicted molar refractivity (Wildman–Crippen MR) is 97.5 cm³/mol. The fraction of sp³-hybridized carbons (Fsp3) is 0.333. The highest BCUT2D eigenvalue weighted by Gasteiger charge is 2.45. The van der Waals surface area contributed by atoms with Crippen molar-refractivity contribution in [1.29, 1.82) is 0 Å². The maximum atomic E-state index is 12.9. The standard InChI is InChI=1S/C18H16BrClN2O2/c19-14-4-2-11(7-15(14)20)22-18(24)17-9-1-3-12(17)13-8-21-16(23)6-10(13)5-9/h2,4,6-9,12,17H,1,3,5H2,(H,21,23)(H,22,24)/t9-,12-,17?/m0/s1. The van der Waals surface area contributed by atoms with Crippen molar-refractivity contribution in [3.8, 4) is 0 Å². The number of rotatable bonds is 2. The van der Waals surface area contributed by atoms with E-state index < -0.39 is 0 Å². The normalized spacial score (nSPS) is 24.5. The highest BCUT2D eigenvalue weighted by atomic mass is 79.9. The molecule has 2 aliphatic carbocycles. The molecule has 2 aromatic rings. The van der Waals surface area contributed by atoms with Crippen LogP contribution in [-0.4, -0.2) is 10.9 Å². The number of halogens is 2. The van der Waals surface area contributed by atoms with Gasteiger partial charge < -0.3 is 10.3 Å². The summed E-state index contributed by atoms with van der Waals surface area (Å²) in [5.74, 6) is 0.473. The number of carbonyl (C=O) groups is 1. The summed E-state index contributed by atoms with van der Waals surface area (Å²) in [5, 5.41) is 3.58. The number of fused-ring (bicyclic) bond motifs is 4. The Bertz CT molecular complexity index is 880. The molecule has 1 aromatic carbocycles. The maximum absolute atomic E-state index is 12.9. The van der Waals surface area contributed by atoms with Gasteiger partial charge in [-0.2, -0.15) is 0 Å². The van der Waals surface area contributed by atoms with Crippen molar-refractivity contribution in [3.63, 3.8) is 0 Å². The lowest BCUT2D eigenvalue weighted by molar-refractivity contribution is -0.121. The summed E-state index contributed by atoms with van der Waals surface area (Å²) in [6.07, 6.45) is 4.60. The molecule has 1 heterocycles. The first-order chi connectivity index (χ1) is 11.5. The topological polar surface area (TPSA) is 62.0 Å². The Morgan fingerprint density at radius 1 is 1.29 bits per heavy atom. The third-order valence-electron chi connectivity index (χ3n) is 5.21. The molecule has 0 radical (unpaired) electrons. The Labute approximate surface area is 152 Å². The molecule has 2 bridgehead atoms. The Hall–Kier alpha value is -1.59. The van der Waals surface area contributed by atoms with E-state index in [1.54, 1.807) is 18.3 Å². The summed E-state index contributed by atoms with van der Waals surface area (Å²) in [6, 6.07) is 7.10. The fourth-order valence-electron chi connectivity index (χ4n) is 4.18. The van der Waals surface area contributed by atoms with E-state index in [0.29, 0.717) is 16.6 Å². The summed E-state index contributed by atoms with van der Waals surface area (Å²) in [5.41, 5.74) is 2.86. The second kappa shape index (κ2) is 6.05. The molecule has 1 unspecified atom stereocenters. The van der Waals surface area contributed by atoms with Crippen molar-refractivity contribution >= 4 is 39.1 Å². The first-order valence-corrected chi connectivity index (χ1v) is 9.17. The van der Waals surface area contributed by atoms with Gasteiger partial charge in [0.25, 0.3) is 0 Å². The largest absolute Gasteiger partial charge is 0.329 e. The Morgan fingerprint density at radius 2 is 2.12 bits per heavy atom. The highest BCUT2D eigenvalue weighted by molar-refractivity contribution is 9.10. The Balaban J connectivity index is 1.60. The molecule has 4 rings (SSSR count). The van der Waals surface area contributed by atoms with Crippen LogP contribution in [0.4, 0.5) is 5.69 Å². The van der Waals surface area contributed by atoms with Crippen molar-refractivity contribution in [2.45, 2.75) is 25.2 Å². The number of pyridine rings is 1. The average Bonchev–Trinajstić information content (AvgIpc) is 2.86. The number of hydrogen-bond donors (Lipinski definition) is 2. The Kier molecular flexibility index (Phi) is 4.01. The number of aromatic nitrogens is 1. The molecule has 6 heteroatoms. The van der Waals surface area contributed by atoms with Crippen LogP contribution in [0, 0.1) is 11.8 Å². The number of aromatic amines is 1. The fourth-order valence-corrected chi connectivity index (χ4v) is 4.61. The van der Waals surface area contributed by atoms with Gasteiger partial charge >= 0.3 is 0 Å². The molecule has 2 aliphatic rings. The van der Waals surface area contributed by atoms with Crippen LogP contribution < -0.4 is 10.9 Å². The molecular formula is C18H16BrClN2O2. The molecule has 1 fully saturated rings. The third-order valence-corrected chi connectivity index (χ3v) is 6.44. The lowest BCUT2D eigenvalue weighted by Crippen LogP contribution is -2.34. The molecule has 3 atom stereocenters. The third kappa shape index (κ3) is 2.70. The molecular weight excluding hydrogens is 392 g/mol. The summed E-state index contributed by atoms with van der Waals surface area (Å²) < 4.78 is 0.804. The van der Waals surface area contributed by atoms with Crippen molar-refractivity contribution in [2.24, 2.45) is 11.8 Å². The number of nitrogens with one attached hydrogen (secondary N) is 2. The molecule has 0 aliphatic heterocycles. The monoisotopic (exact) mass is 406 g/mol. The summed E-state index contributed by atoms with van der Waals surface area (Å²) in [4.78, 5) is 27.2. The quantitative estimate of drug-likeness (QED) is 0.787. The molecule has 24 heavy (non-hydrogen) atoms. The molecule has 0 saturated heterocycles. The van der Waals surface area contributed by atoms with E-state index in [-0.39, 0.29) is 23.3 Å². The lowest BCUT2D eigenvalue weighted by atomic mass is 9.75. The smallest absolute Gasteiger partial charge is 0.248 e. The molecule has 0 spiro atoms. The van der Waals surface area contributed by atoms with Gasteiger partial charge in [-0.3, -0.25) is 9.59 Å². The van der Waals surface area contributed by atoms with Gasteiger partial charge in [0.2, 0.25) is 11.5 Å². The van der Waals surface area contributed by atoms with Crippen molar-refractivity contribution < 1.29 is 4.79 Å². The van der Waals surface area contributed by atoms with Crippen LogP contribution in [0.1, 0.15) is 29.9 Å². The van der Waals surface area contributed by atoms with Gasteiger partial charge in [-0.1, -0.05) is 11.6 Å². The van der Waals surface area contributed by atoms with Crippen LogP contribution in [0.3, 0.4) is 0 Å². The molecule has 1 saturated carbocycles. The minimum atomic E-state index is -0.0689. The minimum absolute atomic E-state index is 0.0396. The zero-order chi connectivity index (χ0) is 16.8. The SMILES string of the molecule is O=C(Nc1ccc(Br)c(Cl)c1)C1[C@H]2CC[C@H]1c1c[nH]c(=O)cc1C2. The zero-order valence-corrected chi connectivity index (χ0v) is 15.2. The zero-order valence-electron chi connectivity index (χ0n) is 12.8. The van der Waals surface area contributed by atoms with E-state index in [0.717, 1.165) is 34.9 Å². The first kappa shape index (κ1) is 15.9. The number of amides is 1. The lowest BCUT2D eigenvalue weighted by Gasteiger charge is -2.31. The van der Waals surface area contributed by atoms with E-state index in [4.69, 9.17) is 11.6 Å². The van der Waals surface area contributed by atoms with Crippen LogP contribution in [0.25, 0.3) is 0 Å². The van der Waals surface area contributed by atoms with Crippen LogP contribution in [0.2, 0.25) is 5.02 Å². The van der Waals surface area contributed by atoms with Crippen LogP contribution in [0.15, 0.2) is 39.7 Å². The van der Waals surface area contributed by atoms with Crippen LogP contribution in [-0.2, 0) is 11.2 Å². The van der Waals surface area contributed by atoms with E-state index in [1.807, 2.05) is 12.1 Å². The second-order valence-corrected chi connectivity index (χ2v) is 7.83. The maximum Gasteiger partial charge on any atom is 0.248 e. The van der Waals surface area contributed by atoms with Gasteiger partial charge in [0, 0.05) is 28.3 Å². The van der Waals surface area contributed by atoms with Crippen molar-refractivity contribution in [2.75, 3.05) is 5.32 Å². The molecule has 1 amide bonds. The summed E-state index contributed by atoms with van der Waals surface area (Å²) in [6.45, 7) is 0. The van der Waals surface area contributed by atoms with Gasteiger partial charge in [-0.05, 0) is 76.4 Å². The first-order valence-electron chi connectivity index (χ1n) is 8.00. The van der Waals surface area contributed by atoms with Gasteiger partial charge in [-0.15, -0.1) is 0 Å². The summed E-state index contributed by atoms with van der Waals surface area (Å²) in [7, 11) is 0. The van der Waals surface area contributed by atoms with Gasteiger partial charge in [0.05, 0.1) is 5.02 Å². The van der Waals surface area contributed by atoms with Crippen molar-refractivity contribution in [1.82, 2.24) is 4.98 Å². The molecule has 124 valence electrons. The average molecular weight is 408 g/mol. The van der Waals surface area contributed by atoms with E-state index >= 15 is 0 Å². The van der Waals surface area contributed by atoms with Gasteiger partial charge in [-0.25, -0.2) is 0 Å². The van der Waals surface area contributed by atoms with E-state index in [9.17, 15) is 9.59 Å².